The zero-order valence-electron chi connectivity index (χ0n) is 9.26. The number of hydrogen-bond donors (Lipinski definition) is 1. The highest BCUT2D eigenvalue weighted by atomic mass is 16.5. The lowest BCUT2D eigenvalue weighted by atomic mass is 10.2. The summed E-state index contributed by atoms with van der Waals surface area (Å²) in [6, 6.07) is 2.65. The van der Waals surface area contributed by atoms with Crippen molar-refractivity contribution >= 4 is 5.97 Å². The molecular weight excluding hydrogens is 222 g/mol. The summed E-state index contributed by atoms with van der Waals surface area (Å²) >= 11 is 0. The molecule has 1 rings (SSSR count). The van der Waals surface area contributed by atoms with Gasteiger partial charge in [-0.15, -0.1) is 0 Å². The molecule has 17 heavy (non-hydrogen) atoms. The summed E-state index contributed by atoms with van der Waals surface area (Å²) in [6.07, 6.45) is 3.08. The summed E-state index contributed by atoms with van der Waals surface area (Å²) < 4.78 is 10.3. The van der Waals surface area contributed by atoms with E-state index >= 15 is 0 Å². The van der Waals surface area contributed by atoms with Gasteiger partial charge in [0, 0.05) is 12.1 Å². The average molecular weight is 235 g/mol. The van der Waals surface area contributed by atoms with Crippen LogP contribution >= 0.6 is 0 Å². The van der Waals surface area contributed by atoms with Crippen LogP contribution in [0.3, 0.4) is 0 Å². The molecule has 5 heteroatoms. The van der Waals surface area contributed by atoms with E-state index in [1.807, 2.05) is 0 Å². The lowest BCUT2D eigenvalue weighted by Gasteiger charge is -2.07. The summed E-state index contributed by atoms with van der Waals surface area (Å²) in [4.78, 5) is 14.9. The third-order valence-electron chi connectivity index (χ3n) is 1.72. The van der Waals surface area contributed by atoms with Gasteiger partial charge in [0.15, 0.2) is 0 Å². The van der Waals surface area contributed by atoms with Gasteiger partial charge in [-0.3, -0.25) is 0 Å². The number of pyridine rings is 1. The second kappa shape index (κ2) is 6.32. The first-order chi connectivity index (χ1) is 8.17. The first-order valence-corrected chi connectivity index (χ1v) is 4.90. The largest absolute Gasteiger partial charge is 0.478 e. The van der Waals surface area contributed by atoms with Gasteiger partial charge in [0.05, 0.1) is 5.56 Å². The number of rotatable bonds is 7. The Labute approximate surface area is 99.0 Å². The summed E-state index contributed by atoms with van der Waals surface area (Å²) in [7, 11) is 0. The normalized spacial score (nSPS) is 9.41. The molecule has 0 aromatic carbocycles. The molecule has 90 valence electrons. The topological polar surface area (TPSA) is 68.7 Å². The number of carboxylic acids is 1. The number of carbonyl (C=O) groups is 1. The van der Waals surface area contributed by atoms with Crippen molar-refractivity contribution in [2.45, 2.75) is 0 Å². The maximum absolute atomic E-state index is 10.9. The highest BCUT2D eigenvalue weighted by molar-refractivity contribution is 5.88. The zero-order chi connectivity index (χ0) is 12.7. The van der Waals surface area contributed by atoms with Gasteiger partial charge in [0.2, 0.25) is 11.8 Å². The molecule has 0 aliphatic heterocycles. The fourth-order valence-electron chi connectivity index (χ4n) is 1.04. The van der Waals surface area contributed by atoms with Gasteiger partial charge in [-0.2, -0.15) is 4.98 Å². The second-order valence-corrected chi connectivity index (χ2v) is 3.04. The molecular formula is C12H13NO4. The molecule has 0 radical (unpaired) electrons. The van der Waals surface area contributed by atoms with Crippen LogP contribution < -0.4 is 9.47 Å². The number of hydrogen-bond acceptors (Lipinski definition) is 4. The monoisotopic (exact) mass is 235 g/mol. The van der Waals surface area contributed by atoms with Gasteiger partial charge >= 0.3 is 5.97 Å². The van der Waals surface area contributed by atoms with Gasteiger partial charge in [-0.05, 0) is 0 Å². The molecule has 0 bridgehead atoms. The standard InChI is InChI=1S/C12H13NO4/c1-3-5-16-10-7-9(12(14)15)8-11(13-10)17-6-4-2/h3-4,7-8H,1-2,5-6H2,(H,14,15). The molecule has 1 aromatic heterocycles. The lowest BCUT2D eigenvalue weighted by Crippen LogP contribution is -2.04. The molecule has 0 fully saturated rings. The van der Waals surface area contributed by atoms with E-state index in [1.165, 1.54) is 12.1 Å². The van der Waals surface area contributed by atoms with Crippen LogP contribution in [0, 0.1) is 0 Å². The maximum atomic E-state index is 10.9. The summed E-state index contributed by atoms with van der Waals surface area (Å²) in [5, 5.41) is 8.91. The van der Waals surface area contributed by atoms with Crippen LogP contribution in [-0.4, -0.2) is 29.3 Å². The minimum atomic E-state index is -1.07. The van der Waals surface area contributed by atoms with Crippen molar-refractivity contribution in [1.29, 1.82) is 0 Å². The second-order valence-electron chi connectivity index (χ2n) is 3.04. The van der Waals surface area contributed by atoms with Gasteiger partial charge < -0.3 is 14.6 Å². The fourth-order valence-corrected chi connectivity index (χ4v) is 1.04. The molecule has 0 saturated carbocycles. The van der Waals surface area contributed by atoms with Crippen LogP contribution in [0.4, 0.5) is 0 Å². The van der Waals surface area contributed by atoms with E-state index in [2.05, 4.69) is 18.1 Å². The first kappa shape index (κ1) is 12.8. The molecule has 5 nitrogen and oxygen atoms in total. The van der Waals surface area contributed by atoms with Crippen LogP contribution in [0.15, 0.2) is 37.4 Å². The minimum absolute atomic E-state index is 0.0538. The summed E-state index contributed by atoms with van der Waals surface area (Å²) in [5.41, 5.74) is 0.0538. The van der Waals surface area contributed by atoms with Crippen molar-refractivity contribution in [2.24, 2.45) is 0 Å². The van der Waals surface area contributed by atoms with Crippen LogP contribution in [0.1, 0.15) is 10.4 Å². The van der Waals surface area contributed by atoms with Gasteiger partial charge in [0.1, 0.15) is 13.2 Å². The number of ether oxygens (including phenoxy) is 2. The van der Waals surface area contributed by atoms with E-state index in [4.69, 9.17) is 14.6 Å². The number of aromatic nitrogens is 1. The van der Waals surface area contributed by atoms with Crippen LogP contribution in [0.25, 0.3) is 0 Å². The average Bonchev–Trinajstić information content (AvgIpc) is 2.33. The third-order valence-corrected chi connectivity index (χ3v) is 1.72. The lowest BCUT2D eigenvalue weighted by molar-refractivity contribution is 0.0695. The smallest absolute Gasteiger partial charge is 0.336 e. The van der Waals surface area contributed by atoms with Crippen molar-refractivity contribution < 1.29 is 19.4 Å². The molecule has 1 aromatic rings. The van der Waals surface area contributed by atoms with Gasteiger partial charge in [-0.1, -0.05) is 25.3 Å². The molecule has 0 aliphatic rings. The summed E-state index contributed by atoms with van der Waals surface area (Å²) in [5.74, 6) is -0.702. The van der Waals surface area contributed by atoms with E-state index < -0.39 is 5.97 Å². The van der Waals surface area contributed by atoms with E-state index in [-0.39, 0.29) is 30.5 Å². The number of aromatic carboxylic acids is 1. The Morgan fingerprint density at radius 2 is 1.71 bits per heavy atom. The van der Waals surface area contributed by atoms with Gasteiger partial charge in [-0.25, -0.2) is 4.79 Å². The Bertz CT molecular complexity index is 398. The highest BCUT2D eigenvalue weighted by Gasteiger charge is 2.09. The first-order valence-electron chi connectivity index (χ1n) is 4.90. The van der Waals surface area contributed by atoms with Gasteiger partial charge in [0.25, 0.3) is 0 Å². The Balaban J connectivity index is 2.95. The molecule has 0 unspecified atom stereocenters. The molecule has 1 N–H and O–H groups in total. The quantitative estimate of drug-likeness (QED) is 0.731. The van der Waals surface area contributed by atoms with Crippen molar-refractivity contribution in [3.63, 3.8) is 0 Å². The Morgan fingerprint density at radius 1 is 1.24 bits per heavy atom. The molecule has 0 atom stereocenters. The maximum Gasteiger partial charge on any atom is 0.336 e. The molecule has 0 amide bonds. The zero-order valence-corrected chi connectivity index (χ0v) is 9.26. The molecule has 0 saturated heterocycles. The minimum Gasteiger partial charge on any atom is -0.478 e. The van der Waals surface area contributed by atoms with E-state index in [1.54, 1.807) is 12.2 Å². The van der Waals surface area contributed by atoms with E-state index in [0.29, 0.717) is 0 Å². The predicted octanol–water partition coefficient (Wildman–Crippen LogP) is 1.91. The SMILES string of the molecule is C=CCOc1cc(C(=O)O)cc(OCC=C)n1. The van der Waals surface area contributed by atoms with Crippen molar-refractivity contribution in [3.8, 4) is 11.8 Å². The number of nitrogens with zero attached hydrogens (tertiary/aromatic N) is 1. The van der Waals surface area contributed by atoms with Crippen LogP contribution in [0.2, 0.25) is 0 Å². The molecule has 0 spiro atoms. The van der Waals surface area contributed by atoms with Crippen molar-refractivity contribution in [2.75, 3.05) is 13.2 Å². The Hall–Kier alpha value is -2.30. The third kappa shape index (κ3) is 3.98. The summed E-state index contributed by atoms with van der Waals surface area (Å²) in [6.45, 7) is 7.48. The van der Waals surface area contributed by atoms with Crippen molar-refractivity contribution in [3.05, 3.63) is 43.0 Å². The van der Waals surface area contributed by atoms with E-state index in [9.17, 15) is 4.79 Å². The Kier molecular flexibility index (Phi) is 4.75. The van der Waals surface area contributed by atoms with Crippen LogP contribution in [0.5, 0.6) is 11.8 Å². The van der Waals surface area contributed by atoms with Crippen molar-refractivity contribution in [1.82, 2.24) is 4.98 Å². The Morgan fingerprint density at radius 3 is 2.06 bits per heavy atom. The molecule has 0 aliphatic carbocycles. The fraction of sp³-hybridized carbons (Fsp3) is 0.167. The van der Waals surface area contributed by atoms with Crippen LogP contribution in [-0.2, 0) is 0 Å². The van der Waals surface area contributed by atoms with E-state index in [0.717, 1.165) is 0 Å². The highest BCUT2D eigenvalue weighted by Crippen LogP contribution is 2.18. The molecule has 1 heterocycles. The number of carboxylic acid groups (broad SMARTS) is 1. The predicted molar refractivity (Wildman–Crippen MR) is 62.6 cm³/mol.